The Hall–Kier alpha value is -2.20. The summed E-state index contributed by atoms with van der Waals surface area (Å²) in [6.07, 6.45) is 5.53. The highest BCUT2D eigenvalue weighted by Gasteiger charge is 2.13. The van der Waals surface area contributed by atoms with Gasteiger partial charge in [0.25, 0.3) is 0 Å². The fraction of sp³-hybridized carbons (Fsp3) is 0.294. The molecule has 108 valence electrons. The largest absolute Gasteiger partial charge is 0.327 e. The van der Waals surface area contributed by atoms with E-state index in [1.807, 2.05) is 35.9 Å². The van der Waals surface area contributed by atoms with E-state index in [2.05, 4.69) is 24.0 Å². The number of hydrogen-bond acceptors (Lipinski definition) is 3. The van der Waals surface area contributed by atoms with Crippen molar-refractivity contribution in [3.05, 3.63) is 54.1 Å². The third kappa shape index (κ3) is 2.67. The molecule has 0 aliphatic rings. The number of aryl methyl sites for hydroxylation is 1. The summed E-state index contributed by atoms with van der Waals surface area (Å²) in [5, 5.41) is 1.15. The molecule has 0 spiro atoms. The monoisotopic (exact) mass is 280 g/mol. The number of imidazole rings is 1. The topological polar surface area (TPSA) is 56.7 Å². The second-order valence-corrected chi connectivity index (χ2v) is 5.38. The van der Waals surface area contributed by atoms with Crippen LogP contribution >= 0.6 is 0 Å². The Balaban J connectivity index is 2.19. The molecular formula is C17H20N4. The molecular weight excluding hydrogens is 260 g/mol. The van der Waals surface area contributed by atoms with Crippen molar-refractivity contribution in [3.63, 3.8) is 0 Å². The number of para-hydroxylation sites is 1. The first-order valence-electron chi connectivity index (χ1n) is 7.33. The van der Waals surface area contributed by atoms with Crippen LogP contribution < -0.4 is 5.73 Å². The molecule has 21 heavy (non-hydrogen) atoms. The van der Waals surface area contributed by atoms with Crippen LogP contribution in [0.2, 0.25) is 0 Å². The van der Waals surface area contributed by atoms with Crippen molar-refractivity contribution in [1.29, 1.82) is 0 Å². The molecule has 2 heterocycles. The zero-order valence-electron chi connectivity index (χ0n) is 12.5. The van der Waals surface area contributed by atoms with Gasteiger partial charge in [0.05, 0.1) is 5.52 Å². The average molecular weight is 280 g/mol. The molecule has 3 rings (SSSR count). The number of aromatic nitrogens is 3. The van der Waals surface area contributed by atoms with Crippen LogP contribution in [0.25, 0.3) is 16.7 Å². The Bertz CT molecular complexity index is 760. The molecule has 4 heteroatoms. The first-order chi connectivity index (χ1) is 10.2. The minimum Gasteiger partial charge on any atom is -0.327 e. The molecule has 0 aliphatic carbocycles. The van der Waals surface area contributed by atoms with Gasteiger partial charge >= 0.3 is 0 Å². The van der Waals surface area contributed by atoms with Gasteiger partial charge in [0.15, 0.2) is 0 Å². The summed E-state index contributed by atoms with van der Waals surface area (Å²) in [4.78, 5) is 9.14. The molecule has 1 atom stereocenters. The molecule has 0 radical (unpaired) electrons. The highest BCUT2D eigenvalue weighted by Crippen LogP contribution is 2.22. The van der Waals surface area contributed by atoms with Gasteiger partial charge in [-0.1, -0.05) is 25.1 Å². The lowest BCUT2D eigenvalue weighted by molar-refractivity contribution is 0.642. The highest BCUT2D eigenvalue weighted by molar-refractivity contribution is 5.80. The van der Waals surface area contributed by atoms with Gasteiger partial charge in [0.1, 0.15) is 11.6 Å². The molecule has 0 amide bonds. The molecule has 0 aliphatic heterocycles. The first-order valence-corrected chi connectivity index (χ1v) is 7.33. The maximum absolute atomic E-state index is 6.16. The van der Waals surface area contributed by atoms with E-state index in [1.54, 1.807) is 6.20 Å². The van der Waals surface area contributed by atoms with Crippen molar-refractivity contribution in [1.82, 2.24) is 14.5 Å². The SMILES string of the molecule is CCC(N)Cc1cc2ccccc2nc1-n1ccnc1C. The van der Waals surface area contributed by atoms with Crippen LogP contribution in [0, 0.1) is 6.92 Å². The lowest BCUT2D eigenvalue weighted by Gasteiger charge is -2.15. The minimum absolute atomic E-state index is 0.149. The minimum atomic E-state index is 0.149. The normalized spacial score (nSPS) is 12.7. The first kappa shape index (κ1) is 13.8. The van der Waals surface area contributed by atoms with Crippen molar-refractivity contribution >= 4 is 10.9 Å². The molecule has 2 aromatic heterocycles. The van der Waals surface area contributed by atoms with E-state index in [-0.39, 0.29) is 6.04 Å². The number of rotatable bonds is 4. The van der Waals surface area contributed by atoms with Gasteiger partial charge in [-0.25, -0.2) is 9.97 Å². The van der Waals surface area contributed by atoms with Crippen LogP contribution in [0.1, 0.15) is 24.7 Å². The smallest absolute Gasteiger partial charge is 0.142 e. The van der Waals surface area contributed by atoms with Crippen LogP contribution in [0.15, 0.2) is 42.7 Å². The van der Waals surface area contributed by atoms with Gasteiger partial charge in [-0.15, -0.1) is 0 Å². The molecule has 0 fully saturated rings. The zero-order valence-corrected chi connectivity index (χ0v) is 12.5. The van der Waals surface area contributed by atoms with E-state index >= 15 is 0 Å². The summed E-state index contributed by atoms with van der Waals surface area (Å²) in [5.41, 5.74) is 8.32. The third-order valence-corrected chi connectivity index (χ3v) is 3.84. The molecule has 1 unspecified atom stereocenters. The summed E-state index contributed by atoms with van der Waals surface area (Å²) in [6.45, 7) is 4.10. The zero-order chi connectivity index (χ0) is 14.8. The number of nitrogens with two attached hydrogens (primary N) is 1. The van der Waals surface area contributed by atoms with E-state index in [4.69, 9.17) is 10.7 Å². The number of fused-ring (bicyclic) bond motifs is 1. The van der Waals surface area contributed by atoms with Crippen molar-refractivity contribution in [2.24, 2.45) is 5.73 Å². The molecule has 0 saturated carbocycles. The van der Waals surface area contributed by atoms with Crippen LogP contribution in [0.3, 0.4) is 0 Å². The number of nitrogens with zero attached hydrogens (tertiary/aromatic N) is 3. The second-order valence-electron chi connectivity index (χ2n) is 5.38. The lowest BCUT2D eigenvalue weighted by atomic mass is 10.0. The highest BCUT2D eigenvalue weighted by atomic mass is 15.1. The molecule has 0 saturated heterocycles. The number of pyridine rings is 1. The van der Waals surface area contributed by atoms with Crippen LogP contribution in [-0.4, -0.2) is 20.6 Å². The molecule has 4 nitrogen and oxygen atoms in total. The summed E-state index contributed by atoms with van der Waals surface area (Å²) < 4.78 is 2.03. The predicted molar refractivity (Wildman–Crippen MR) is 85.6 cm³/mol. The van der Waals surface area contributed by atoms with Crippen LogP contribution in [-0.2, 0) is 6.42 Å². The summed E-state index contributed by atoms with van der Waals surface area (Å²) in [7, 11) is 0. The van der Waals surface area contributed by atoms with Gasteiger partial charge in [-0.2, -0.15) is 0 Å². The Kier molecular flexibility index (Phi) is 3.71. The third-order valence-electron chi connectivity index (χ3n) is 3.84. The number of hydrogen-bond donors (Lipinski definition) is 1. The molecule has 3 aromatic rings. The Morgan fingerprint density at radius 2 is 2.10 bits per heavy atom. The Morgan fingerprint density at radius 3 is 2.81 bits per heavy atom. The maximum atomic E-state index is 6.16. The van der Waals surface area contributed by atoms with Crippen LogP contribution in [0.5, 0.6) is 0 Å². The molecule has 0 bridgehead atoms. The fourth-order valence-electron chi connectivity index (χ4n) is 2.54. The van der Waals surface area contributed by atoms with Crippen molar-refractivity contribution in [2.45, 2.75) is 32.7 Å². The van der Waals surface area contributed by atoms with Gasteiger partial charge in [-0.3, -0.25) is 4.57 Å². The fourth-order valence-corrected chi connectivity index (χ4v) is 2.54. The van der Waals surface area contributed by atoms with E-state index in [1.165, 1.54) is 5.56 Å². The number of benzene rings is 1. The standard InChI is InChI=1S/C17H20N4/c1-3-15(18)11-14-10-13-6-4-5-7-16(13)20-17(14)21-9-8-19-12(21)2/h4-10,15H,3,11,18H2,1-2H3. The van der Waals surface area contributed by atoms with E-state index in [0.717, 1.165) is 35.4 Å². The average Bonchev–Trinajstić information content (AvgIpc) is 2.92. The second kappa shape index (κ2) is 5.66. The molecule has 2 N–H and O–H groups in total. The van der Waals surface area contributed by atoms with Gasteiger partial charge in [0.2, 0.25) is 0 Å². The predicted octanol–water partition coefficient (Wildman–Crippen LogP) is 3.01. The van der Waals surface area contributed by atoms with E-state index in [0.29, 0.717) is 0 Å². The van der Waals surface area contributed by atoms with E-state index in [9.17, 15) is 0 Å². The van der Waals surface area contributed by atoms with Crippen LogP contribution in [0.4, 0.5) is 0 Å². The quantitative estimate of drug-likeness (QED) is 0.799. The van der Waals surface area contributed by atoms with Crippen molar-refractivity contribution in [2.75, 3.05) is 0 Å². The van der Waals surface area contributed by atoms with E-state index < -0.39 is 0 Å². The van der Waals surface area contributed by atoms with Gasteiger partial charge in [-0.05, 0) is 37.5 Å². The van der Waals surface area contributed by atoms with Crippen molar-refractivity contribution < 1.29 is 0 Å². The molecule has 1 aromatic carbocycles. The summed E-state index contributed by atoms with van der Waals surface area (Å²) >= 11 is 0. The Labute approximate surface area is 124 Å². The summed E-state index contributed by atoms with van der Waals surface area (Å²) in [5.74, 6) is 1.87. The van der Waals surface area contributed by atoms with Gasteiger partial charge < -0.3 is 5.73 Å². The van der Waals surface area contributed by atoms with Crippen molar-refractivity contribution in [3.8, 4) is 5.82 Å². The summed E-state index contributed by atoms with van der Waals surface area (Å²) in [6, 6.07) is 10.5. The lowest BCUT2D eigenvalue weighted by Crippen LogP contribution is -2.22. The Morgan fingerprint density at radius 1 is 1.29 bits per heavy atom. The maximum Gasteiger partial charge on any atom is 0.142 e. The van der Waals surface area contributed by atoms with Gasteiger partial charge in [0, 0.05) is 23.8 Å².